The van der Waals surface area contributed by atoms with Crippen LogP contribution < -0.4 is 0 Å². The Kier molecular flexibility index (Phi) is 3.38. The standard InChI is InChI=1S/C13H13NO2/c15-13-3-1-11(2-4-13)5-7-14-9-12-6-8-16-10-12/h1-4,6,8-10,15H,5,7H2. The first kappa shape index (κ1) is 10.5. The van der Waals surface area contributed by atoms with Gasteiger partial charge in [-0.05, 0) is 30.2 Å². The highest BCUT2D eigenvalue weighted by molar-refractivity contribution is 5.78. The van der Waals surface area contributed by atoms with E-state index in [2.05, 4.69) is 4.99 Å². The lowest BCUT2D eigenvalue weighted by atomic mass is 10.1. The number of aliphatic imine (C=N–C) groups is 1. The zero-order chi connectivity index (χ0) is 11.2. The molecule has 0 fully saturated rings. The molecule has 0 bridgehead atoms. The van der Waals surface area contributed by atoms with Gasteiger partial charge >= 0.3 is 0 Å². The summed E-state index contributed by atoms with van der Waals surface area (Å²) in [5.41, 5.74) is 2.15. The third-order valence-corrected chi connectivity index (χ3v) is 2.25. The Hall–Kier alpha value is -2.03. The van der Waals surface area contributed by atoms with E-state index in [1.165, 1.54) is 5.56 Å². The maximum Gasteiger partial charge on any atom is 0.115 e. The molecule has 2 rings (SSSR count). The molecular formula is C13H13NO2. The van der Waals surface area contributed by atoms with Crippen molar-refractivity contribution in [2.24, 2.45) is 4.99 Å². The molecule has 0 saturated heterocycles. The maximum absolute atomic E-state index is 9.11. The van der Waals surface area contributed by atoms with Gasteiger partial charge in [-0.3, -0.25) is 4.99 Å². The SMILES string of the molecule is Oc1ccc(CCN=Cc2ccoc2)cc1. The van der Waals surface area contributed by atoms with Crippen LogP contribution >= 0.6 is 0 Å². The van der Waals surface area contributed by atoms with Crippen LogP contribution in [0.2, 0.25) is 0 Å². The van der Waals surface area contributed by atoms with Crippen molar-refractivity contribution in [2.45, 2.75) is 6.42 Å². The Morgan fingerprint density at radius 3 is 2.69 bits per heavy atom. The van der Waals surface area contributed by atoms with Gasteiger partial charge in [-0.15, -0.1) is 0 Å². The zero-order valence-electron chi connectivity index (χ0n) is 8.84. The van der Waals surface area contributed by atoms with E-state index >= 15 is 0 Å². The first-order valence-electron chi connectivity index (χ1n) is 5.14. The molecule has 3 heteroatoms. The summed E-state index contributed by atoms with van der Waals surface area (Å²) in [6.07, 6.45) is 5.95. The van der Waals surface area contributed by atoms with Crippen molar-refractivity contribution in [2.75, 3.05) is 6.54 Å². The van der Waals surface area contributed by atoms with Gasteiger partial charge in [-0.2, -0.15) is 0 Å². The van der Waals surface area contributed by atoms with Crippen LogP contribution in [-0.2, 0) is 6.42 Å². The summed E-state index contributed by atoms with van der Waals surface area (Å²) in [5.74, 6) is 0.297. The van der Waals surface area contributed by atoms with E-state index in [0.29, 0.717) is 5.75 Å². The number of nitrogens with zero attached hydrogens (tertiary/aromatic N) is 1. The normalized spacial score (nSPS) is 11.0. The predicted octanol–water partition coefficient (Wildman–Crippen LogP) is 2.65. The first-order chi connectivity index (χ1) is 7.84. The van der Waals surface area contributed by atoms with Crippen molar-refractivity contribution in [1.29, 1.82) is 0 Å². The van der Waals surface area contributed by atoms with Gasteiger partial charge < -0.3 is 9.52 Å². The lowest BCUT2D eigenvalue weighted by Gasteiger charge is -1.97. The van der Waals surface area contributed by atoms with Gasteiger partial charge in [-0.25, -0.2) is 0 Å². The van der Waals surface area contributed by atoms with Crippen LogP contribution in [0.3, 0.4) is 0 Å². The summed E-state index contributed by atoms with van der Waals surface area (Å²) in [5, 5.41) is 9.11. The Morgan fingerprint density at radius 1 is 1.19 bits per heavy atom. The van der Waals surface area contributed by atoms with Crippen LogP contribution in [0.15, 0.2) is 52.3 Å². The molecule has 0 amide bonds. The fourth-order valence-corrected chi connectivity index (χ4v) is 1.37. The number of phenols is 1. The van der Waals surface area contributed by atoms with Gasteiger partial charge in [0, 0.05) is 18.3 Å². The summed E-state index contributed by atoms with van der Waals surface area (Å²) in [6, 6.07) is 9.06. The number of furan rings is 1. The molecule has 16 heavy (non-hydrogen) atoms. The molecule has 82 valence electrons. The molecule has 0 aliphatic carbocycles. The molecule has 0 unspecified atom stereocenters. The average molecular weight is 215 g/mol. The minimum atomic E-state index is 0.297. The Morgan fingerprint density at radius 2 is 2.00 bits per heavy atom. The highest BCUT2D eigenvalue weighted by atomic mass is 16.3. The molecular weight excluding hydrogens is 202 g/mol. The molecule has 3 nitrogen and oxygen atoms in total. The maximum atomic E-state index is 9.11. The molecule has 0 aliphatic rings. The first-order valence-corrected chi connectivity index (χ1v) is 5.14. The van der Waals surface area contributed by atoms with Crippen molar-refractivity contribution >= 4 is 6.21 Å². The van der Waals surface area contributed by atoms with Crippen LogP contribution in [0.5, 0.6) is 5.75 Å². The summed E-state index contributed by atoms with van der Waals surface area (Å²) in [4.78, 5) is 4.28. The van der Waals surface area contributed by atoms with E-state index in [0.717, 1.165) is 18.5 Å². The molecule has 0 atom stereocenters. The quantitative estimate of drug-likeness (QED) is 0.797. The van der Waals surface area contributed by atoms with Gasteiger partial charge in [0.1, 0.15) is 5.75 Å². The Bertz CT molecular complexity index is 443. The minimum absolute atomic E-state index is 0.297. The molecule has 2 aromatic rings. The van der Waals surface area contributed by atoms with Crippen molar-refractivity contribution < 1.29 is 9.52 Å². The second-order valence-electron chi connectivity index (χ2n) is 3.51. The largest absolute Gasteiger partial charge is 0.508 e. The monoisotopic (exact) mass is 215 g/mol. The zero-order valence-corrected chi connectivity index (χ0v) is 8.84. The number of hydrogen-bond donors (Lipinski definition) is 1. The number of aromatic hydroxyl groups is 1. The molecule has 1 N–H and O–H groups in total. The predicted molar refractivity (Wildman–Crippen MR) is 63.0 cm³/mol. The van der Waals surface area contributed by atoms with Crippen molar-refractivity contribution in [3.8, 4) is 5.75 Å². The van der Waals surface area contributed by atoms with E-state index in [-0.39, 0.29) is 0 Å². The molecule has 1 aromatic carbocycles. The highest BCUT2D eigenvalue weighted by Gasteiger charge is 1.92. The van der Waals surface area contributed by atoms with Gasteiger partial charge in [-0.1, -0.05) is 12.1 Å². The van der Waals surface area contributed by atoms with Crippen molar-refractivity contribution in [1.82, 2.24) is 0 Å². The topological polar surface area (TPSA) is 45.7 Å². The third-order valence-electron chi connectivity index (χ3n) is 2.25. The van der Waals surface area contributed by atoms with E-state index in [4.69, 9.17) is 9.52 Å². The van der Waals surface area contributed by atoms with Gasteiger partial charge in [0.25, 0.3) is 0 Å². The average Bonchev–Trinajstić information content (AvgIpc) is 2.80. The molecule has 0 saturated carbocycles. The Balaban J connectivity index is 1.82. The summed E-state index contributed by atoms with van der Waals surface area (Å²) in [7, 11) is 0. The van der Waals surface area contributed by atoms with Crippen LogP contribution in [0.1, 0.15) is 11.1 Å². The lowest BCUT2D eigenvalue weighted by molar-refractivity contribution is 0.475. The molecule has 1 aromatic heterocycles. The van der Waals surface area contributed by atoms with Crippen LogP contribution in [0.4, 0.5) is 0 Å². The lowest BCUT2D eigenvalue weighted by Crippen LogP contribution is -1.89. The number of phenolic OH excluding ortho intramolecular Hbond substituents is 1. The highest BCUT2D eigenvalue weighted by Crippen LogP contribution is 2.09. The number of benzene rings is 1. The molecule has 0 aliphatic heterocycles. The second-order valence-corrected chi connectivity index (χ2v) is 3.51. The van der Waals surface area contributed by atoms with E-state index in [1.54, 1.807) is 30.9 Å². The van der Waals surface area contributed by atoms with Crippen molar-refractivity contribution in [3.63, 3.8) is 0 Å². The van der Waals surface area contributed by atoms with E-state index in [9.17, 15) is 0 Å². The summed E-state index contributed by atoms with van der Waals surface area (Å²) in [6.45, 7) is 0.732. The summed E-state index contributed by atoms with van der Waals surface area (Å²) >= 11 is 0. The van der Waals surface area contributed by atoms with Crippen LogP contribution in [-0.4, -0.2) is 17.9 Å². The minimum Gasteiger partial charge on any atom is -0.508 e. The Labute approximate surface area is 94.1 Å². The van der Waals surface area contributed by atoms with Crippen LogP contribution in [0, 0.1) is 0 Å². The summed E-state index contributed by atoms with van der Waals surface area (Å²) < 4.78 is 4.92. The van der Waals surface area contributed by atoms with Crippen LogP contribution in [0.25, 0.3) is 0 Å². The number of rotatable bonds is 4. The van der Waals surface area contributed by atoms with Gasteiger partial charge in [0.2, 0.25) is 0 Å². The van der Waals surface area contributed by atoms with E-state index < -0.39 is 0 Å². The smallest absolute Gasteiger partial charge is 0.115 e. The molecule has 0 radical (unpaired) electrons. The van der Waals surface area contributed by atoms with E-state index in [1.807, 2.05) is 18.2 Å². The number of hydrogen-bond acceptors (Lipinski definition) is 3. The fourth-order valence-electron chi connectivity index (χ4n) is 1.37. The molecule has 1 heterocycles. The third kappa shape index (κ3) is 2.98. The van der Waals surface area contributed by atoms with Gasteiger partial charge in [0.05, 0.1) is 12.5 Å². The van der Waals surface area contributed by atoms with Gasteiger partial charge in [0.15, 0.2) is 0 Å². The van der Waals surface area contributed by atoms with Crippen molar-refractivity contribution in [3.05, 3.63) is 54.0 Å². The second kappa shape index (κ2) is 5.16. The fraction of sp³-hybridized carbons (Fsp3) is 0.154. The molecule has 0 spiro atoms.